The van der Waals surface area contributed by atoms with E-state index in [4.69, 9.17) is 9.26 Å². The first kappa shape index (κ1) is 14.2. The quantitative estimate of drug-likeness (QED) is 0.912. The molecule has 2 atom stereocenters. The Morgan fingerprint density at radius 1 is 1.33 bits per heavy atom. The summed E-state index contributed by atoms with van der Waals surface area (Å²) < 4.78 is 11.0. The van der Waals surface area contributed by atoms with E-state index >= 15 is 0 Å². The molecular weight excluding hydrogens is 266 g/mol. The van der Waals surface area contributed by atoms with Gasteiger partial charge in [0.05, 0.1) is 19.1 Å². The zero-order valence-electron chi connectivity index (χ0n) is 12.5. The molecule has 1 saturated heterocycles. The molecule has 1 aromatic carbocycles. The van der Waals surface area contributed by atoms with Gasteiger partial charge in [-0.3, -0.25) is 0 Å². The van der Waals surface area contributed by atoms with Crippen LogP contribution in [0.4, 0.5) is 0 Å². The first-order valence-electron chi connectivity index (χ1n) is 7.45. The summed E-state index contributed by atoms with van der Waals surface area (Å²) in [5.74, 6) is 1.57. The van der Waals surface area contributed by atoms with Crippen molar-refractivity contribution in [3.8, 4) is 0 Å². The summed E-state index contributed by atoms with van der Waals surface area (Å²) in [5, 5.41) is 7.52. The third kappa shape index (κ3) is 3.31. The maximum Gasteiger partial charge on any atom is 0.233 e. The summed E-state index contributed by atoms with van der Waals surface area (Å²) in [5.41, 5.74) is 2.45. The number of rotatable bonds is 5. The van der Waals surface area contributed by atoms with Gasteiger partial charge in [0, 0.05) is 12.5 Å². The molecule has 2 aromatic rings. The van der Waals surface area contributed by atoms with E-state index < -0.39 is 0 Å². The van der Waals surface area contributed by atoms with Gasteiger partial charge in [0.1, 0.15) is 0 Å². The normalized spacial score (nSPS) is 21.8. The standard InChI is InChI=1S/C16H21N3O2/c1-3-17-14-10-20-9-13(14)16-18-15(19-21-16)8-12-6-4-5-11(2)7-12/h4-7,13-14,17H,3,8-10H2,1-2H3. The lowest BCUT2D eigenvalue weighted by atomic mass is 10.0. The zero-order valence-corrected chi connectivity index (χ0v) is 12.5. The highest BCUT2D eigenvalue weighted by atomic mass is 16.5. The summed E-state index contributed by atoms with van der Waals surface area (Å²) in [6.07, 6.45) is 0.699. The van der Waals surface area contributed by atoms with Crippen LogP contribution < -0.4 is 5.32 Å². The lowest BCUT2D eigenvalue weighted by Crippen LogP contribution is -2.34. The van der Waals surface area contributed by atoms with Gasteiger partial charge in [0.2, 0.25) is 5.89 Å². The van der Waals surface area contributed by atoms with E-state index in [2.05, 4.69) is 53.6 Å². The highest BCUT2D eigenvalue weighted by Gasteiger charge is 2.33. The van der Waals surface area contributed by atoms with Gasteiger partial charge in [0.15, 0.2) is 5.82 Å². The van der Waals surface area contributed by atoms with Crippen LogP contribution in [-0.2, 0) is 11.2 Å². The molecular formula is C16H21N3O2. The van der Waals surface area contributed by atoms with Gasteiger partial charge in [-0.1, -0.05) is 41.9 Å². The summed E-state index contributed by atoms with van der Waals surface area (Å²) in [6.45, 7) is 6.43. The van der Waals surface area contributed by atoms with E-state index in [1.165, 1.54) is 11.1 Å². The molecule has 1 fully saturated rings. The lowest BCUT2D eigenvalue weighted by molar-refractivity contribution is 0.185. The molecule has 112 valence electrons. The fourth-order valence-electron chi connectivity index (χ4n) is 2.76. The maximum atomic E-state index is 5.53. The molecule has 5 heteroatoms. The number of ether oxygens (including phenoxy) is 1. The molecule has 0 spiro atoms. The average molecular weight is 287 g/mol. The Kier molecular flexibility index (Phi) is 4.31. The molecule has 1 aromatic heterocycles. The second-order valence-electron chi connectivity index (χ2n) is 5.52. The predicted octanol–water partition coefficient (Wildman–Crippen LogP) is 2.06. The minimum absolute atomic E-state index is 0.156. The minimum atomic E-state index is 0.156. The van der Waals surface area contributed by atoms with Gasteiger partial charge in [-0.2, -0.15) is 4.98 Å². The van der Waals surface area contributed by atoms with E-state index in [0.717, 1.165) is 12.4 Å². The van der Waals surface area contributed by atoms with Crippen LogP contribution in [0, 0.1) is 6.92 Å². The minimum Gasteiger partial charge on any atom is -0.379 e. The van der Waals surface area contributed by atoms with Crippen molar-refractivity contribution in [3.63, 3.8) is 0 Å². The number of aromatic nitrogens is 2. The average Bonchev–Trinajstić information content (AvgIpc) is 3.08. The number of likely N-dealkylation sites (N-methyl/N-ethyl adjacent to an activating group) is 1. The maximum absolute atomic E-state index is 5.53. The topological polar surface area (TPSA) is 60.2 Å². The van der Waals surface area contributed by atoms with Crippen molar-refractivity contribution in [2.45, 2.75) is 32.2 Å². The van der Waals surface area contributed by atoms with Crippen LogP contribution in [0.1, 0.15) is 35.7 Å². The van der Waals surface area contributed by atoms with Crippen molar-refractivity contribution in [2.75, 3.05) is 19.8 Å². The van der Waals surface area contributed by atoms with Gasteiger partial charge in [-0.15, -0.1) is 0 Å². The summed E-state index contributed by atoms with van der Waals surface area (Å²) in [6, 6.07) is 8.64. The third-order valence-electron chi connectivity index (χ3n) is 3.79. The second-order valence-corrected chi connectivity index (χ2v) is 5.52. The van der Waals surface area contributed by atoms with Crippen molar-refractivity contribution >= 4 is 0 Å². The molecule has 1 aliphatic rings. The zero-order chi connectivity index (χ0) is 14.7. The summed E-state index contributed by atoms with van der Waals surface area (Å²) >= 11 is 0. The molecule has 5 nitrogen and oxygen atoms in total. The van der Waals surface area contributed by atoms with Crippen molar-refractivity contribution in [3.05, 3.63) is 47.1 Å². The van der Waals surface area contributed by atoms with E-state index in [1.54, 1.807) is 0 Å². The molecule has 1 aliphatic heterocycles. The SMILES string of the molecule is CCNC1COCC1c1nc(Cc2cccc(C)c2)no1. The number of hydrogen-bond donors (Lipinski definition) is 1. The van der Waals surface area contributed by atoms with Crippen LogP contribution in [0.15, 0.2) is 28.8 Å². The highest BCUT2D eigenvalue weighted by Crippen LogP contribution is 2.24. The first-order chi connectivity index (χ1) is 10.3. The number of nitrogens with one attached hydrogen (secondary N) is 1. The van der Waals surface area contributed by atoms with Crippen LogP contribution >= 0.6 is 0 Å². The number of nitrogens with zero attached hydrogens (tertiary/aromatic N) is 2. The van der Waals surface area contributed by atoms with E-state index in [9.17, 15) is 0 Å². The van der Waals surface area contributed by atoms with Crippen molar-refractivity contribution in [1.82, 2.24) is 15.5 Å². The van der Waals surface area contributed by atoms with E-state index in [0.29, 0.717) is 25.5 Å². The lowest BCUT2D eigenvalue weighted by Gasteiger charge is -2.13. The van der Waals surface area contributed by atoms with Crippen LogP contribution in [-0.4, -0.2) is 35.9 Å². The van der Waals surface area contributed by atoms with Gasteiger partial charge >= 0.3 is 0 Å². The molecule has 21 heavy (non-hydrogen) atoms. The molecule has 2 heterocycles. The van der Waals surface area contributed by atoms with Crippen LogP contribution in [0.25, 0.3) is 0 Å². The van der Waals surface area contributed by atoms with Gasteiger partial charge in [0.25, 0.3) is 0 Å². The number of aryl methyl sites for hydroxylation is 1. The van der Waals surface area contributed by atoms with Crippen molar-refractivity contribution in [2.24, 2.45) is 0 Å². The summed E-state index contributed by atoms with van der Waals surface area (Å²) in [4.78, 5) is 4.55. The van der Waals surface area contributed by atoms with Crippen molar-refractivity contribution < 1.29 is 9.26 Å². The molecule has 0 bridgehead atoms. The van der Waals surface area contributed by atoms with Gasteiger partial charge in [-0.05, 0) is 19.0 Å². The Morgan fingerprint density at radius 3 is 3.05 bits per heavy atom. The molecule has 3 rings (SSSR count). The monoisotopic (exact) mass is 287 g/mol. The summed E-state index contributed by atoms with van der Waals surface area (Å²) in [7, 11) is 0. The van der Waals surface area contributed by atoms with E-state index in [1.807, 2.05) is 0 Å². The van der Waals surface area contributed by atoms with Crippen molar-refractivity contribution in [1.29, 1.82) is 0 Å². The van der Waals surface area contributed by atoms with Crippen LogP contribution in [0.5, 0.6) is 0 Å². The first-order valence-corrected chi connectivity index (χ1v) is 7.45. The third-order valence-corrected chi connectivity index (χ3v) is 3.79. The molecule has 0 saturated carbocycles. The molecule has 0 amide bonds. The molecule has 1 N–H and O–H groups in total. The fourth-order valence-corrected chi connectivity index (χ4v) is 2.76. The van der Waals surface area contributed by atoms with Crippen LogP contribution in [0.3, 0.4) is 0 Å². The van der Waals surface area contributed by atoms with Gasteiger partial charge < -0.3 is 14.6 Å². The second kappa shape index (κ2) is 6.37. The molecule has 2 unspecified atom stereocenters. The number of benzene rings is 1. The molecule has 0 aliphatic carbocycles. The number of hydrogen-bond acceptors (Lipinski definition) is 5. The Balaban J connectivity index is 1.71. The highest BCUT2D eigenvalue weighted by molar-refractivity contribution is 5.24. The van der Waals surface area contributed by atoms with Crippen LogP contribution in [0.2, 0.25) is 0 Å². The fraction of sp³-hybridized carbons (Fsp3) is 0.500. The largest absolute Gasteiger partial charge is 0.379 e. The van der Waals surface area contributed by atoms with E-state index in [-0.39, 0.29) is 12.0 Å². The Morgan fingerprint density at radius 2 is 2.24 bits per heavy atom. The predicted molar refractivity (Wildman–Crippen MR) is 79.3 cm³/mol. The Hall–Kier alpha value is -1.72. The molecule has 0 radical (unpaired) electrons. The van der Waals surface area contributed by atoms with Gasteiger partial charge in [-0.25, -0.2) is 0 Å². The Labute approximate surface area is 124 Å². The smallest absolute Gasteiger partial charge is 0.233 e. The Bertz CT molecular complexity index is 597.